The molecule has 2 saturated carbocycles. The maximum atomic E-state index is 11.7. The summed E-state index contributed by atoms with van der Waals surface area (Å²) in [5.74, 6) is -1.33. The molecule has 0 N–H and O–H groups in total. The molecular weight excluding hydrogens is 252 g/mol. The molecule has 1 saturated heterocycles. The molecule has 0 amide bonds. The van der Waals surface area contributed by atoms with Gasteiger partial charge in [-0.05, 0) is 6.42 Å². The van der Waals surface area contributed by atoms with Gasteiger partial charge in [-0.2, -0.15) is 0 Å². The van der Waals surface area contributed by atoms with Gasteiger partial charge in [0, 0.05) is 31.6 Å². The highest BCUT2D eigenvalue weighted by molar-refractivity contribution is 5.77. The minimum atomic E-state index is -0.364. The van der Waals surface area contributed by atoms with E-state index < -0.39 is 0 Å². The lowest BCUT2D eigenvalue weighted by molar-refractivity contribution is -0.155. The minimum absolute atomic E-state index is 0.0000463. The highest BCUT2D eigenvalue weighted by Crippen LogP contribution is 2.57. The number of hydrogen-bond donors (Lipinski definition) is 0. The van der Waals surface area contributed by atoms with E-state index in [0.717, 1.165) is 0 Å². The second kappa shape index (κ2) is 4.21. The van der Waals surface area contributed by atoms with Gasteiger partial charge in [0.05, 0.1) is 12.5 Å². The second-order valence-electron chi connectivity index (χ2n) is 5.52. The van der Waals surface area contributed by atoms with Gasteiger partial charge in [-0.1, -0.05) is 0 Å². The highest BCUT2D eigenvalue weighted by Gasteiger charge is 2.66. The molecule has 0 radical (unpaired) electrons. The third-order valence-electron chi connectivity index (χ3n) is 4.46. The van der Waals surface area contributed by atoms with Crippen molar-refractivity contribution in [1.29, 1.82) is 0 Å². The van der Waals surface area contributed by atoms with Crippen molar-refractivity contribution in [1.82, 2.24) is 0 Å². The Labute approximate surface area is 110 Å². The topological polar surface area (TPSA) is 78.9 Å². The van der Waals surface area contributed by atoms with Crippen LogP contribution in [0.4, 0.5) is 0 Å². The van der Waals surface area contributed by atoms with Gasteiger partial charge in [0.2, 0.25) is 0 Å². The van der Waals surface area contributed by atoms with Gasteiger partial charge < -0.3 is 14.2 Å². The number of carbonyl (C=O) groups excluding carboxylic acids is 3. The van der Waals surface area contributed by atoms with Crippen LogP contribution in [0, 0.1) is 23.7 Å². The molecule has 6 heteroatoms. The van der Waals surface area contributed by atoms with E-state index in [9.17, 15) is 14.4 Å². The van der Waals surface area contributed by atoms with E-state index >= 15 is 0 Å². The monoisotopic (exact) mass is 268 g/mol. The van der Waals surface area contributed by atoms with Crippen molar-refractivity contribution >= 4 is 17.9 Å². The normalized spacial score (nSPS) is 42.7. The summed E-state index contributed by atoms with van der Waals surface area (Å²) < 4.78 is 15.7. The van der Waals surface area contributed by atoms with Crippen LogP contribution in [0.5, 0.6) is 0 Å². The van der Waals surface area contributed by atoms with E-state index in [4.69, 9.17) is 14.2 Å². The standard InChI is InChI=1S/C13H16O6/c1-5(14)18-9-3-7-10-8(4-17-13(10)16)11(9)12(7)19-6(2)15/h7-12H,3-4H2,1-2H3/t7-,8-,9-,10+,11+,12-/m1/s1. The van der Waals surface area contributed by atoms with Crippen LogP contribution in [-0.2, 0) is 28.6 Å². The molecule has 6 atom stereocenters. The quantitative estimate of drug-likeness (QED) is 0.529. The molecule has 104 valence electrons. The summed E-state index contributed by atoms with van der Waals surface area (Å²) in [5.41, 5.74) is 0. The molecule has 1 aliphatic heterocycles. The molecule has 1 heterocycles. The fourth-order valence-corrected chi connectivity index (χ4v) is 4.02. The molecule has 0 unspecified atom stereocenters. The third-order valence-corrected chi connectivity index (χ3v) is 4.46. The number of cyclic esters (lactones) is 1. The van der Waals surface area contributed by atoms with Crippen LogP contribution >= 0.6 is 0 Å². The molecule has 3 rings (SSSR count). The summed E-state index contributed by atoms with van der Waals surface area (Å²) in [4.78, 5) is 34.1. The van der Waals surface area contributed by atoms with E-state index in [-0.39, 0.29) is 53.8 Å². The Bertz CT molecular complexity index is 444. The molecule has 0 aromatic carbocycles. The first kappa shape index (κ1) is 12.4. The predicted molar refractivity (Wildman–Crippen MR) is 60.6 cm³/mol. The zero-order chi connectivity index (χ0) is 13.7. The van der Waals surface area contributed by atoms with Gasteiger partial charge in [-0.15, -0.1) is 0 Å². The van der Waals surface area contributed by atoms with Gasteiger partial charge in [0.1, 0.15) is 12.2 Å². The van der Waals surface area contributed by atoms with E-state index in [1.165, 1.54) is 13.8 Å². The van der Waals surface area contributed by atoms with Crippen molar-refractivity contribution in [2.45, 2.75) is 32.5 Å². The van der Waals surface area contributed by atoms with Crippen LogP contribution in [0.25, 0.3) is 0 Å². The first-order chi connectivity index (χ1) is 8.99. The van der Waals surface area contributed by atoms with Crippen LogP contribution in [0.2, 0.25) is 0 Å². The Hall–Kier alpha value is -1.59. The molecule has 2 aliphatic carbocycles. The lowest BCUT2D eigenvalue weighted by atomic mass is 9.80. The molecular formula is C13H16O6. The minimum Gasteiger partial charge on any atom is -0.465 e. The Kier molecular flexibility index (Phi) is 2.76. The molecule has 6 nitrogen and oxygen atoms in total. The largest absolute Gasteiger partial charge is 0.465 e. The van der Waals surface area contributed by atoms with Crippen molar-refractivity contribution in [3.05, 3.63) is 0 Å². The van der Waals surface area contributed by atoms with Crippen molar-refractivity contribution in [3.8, 4) is 0 Å². The number of carbonyl (C=O) groups is 3. The number of ether oxygens (including phenoxy) is 3. The van der Waals surface area contributed by atoms with Gasteiger partial charge >= 0.3 is 17.9 Å². The number of rotatable bonds is 2. The molecule has 0 aromatic heterocycles. The second-order valence-corrected chi connectivity index (χ2v) is 5.52. The molecule has 3 fully saturated rings. The van der Waals surface area contributed by atoms with E-state index in [0.29, 0.717) is 13.0 Å². The molecule has 2 bridgehead atoms. The van der Waals surface area contributed by atoms with E-state index in [1.807, 2.05) is 0 Å². The highest BCUT2D eigenvalue weighted by atomic mass is 16.6. The summed E-state index contributed by atoms with van der Waals surface area (Å²) in [5, 5.41) is 0. The van der Waals surface area contributed by atoms with Gasteiger partial charge in [0.25, 0.3) is 0 Å². The van der Waals surface area contributed by atoms with E-state index in [1.54, 1.807) is 0 Å². The summed E-state index contributed by atoms with van der Waals surface area (Å²) in [6.07, 6.45) is -0.0364. The predicted octanol–water partition coefficient (Wildman–Crippen LogP) is 0.289. The Morgan fingerprint density at radius 3 is 2.47 bits per heavy atom. The Morgan fingerprint density at radius 1 is 1.16 bits per heavy atom. The van der Waals surface area contributed by atoms with Gasteiger partial charge in [0.15, 0.2) is 0 Å². The summed E-state index contributed by atoms with van der Waals surface area (Å²) in [6, 6.07) is 0. The van der Waals surface area contributed by atoms with Crippen LogP contribution in [0.3, 0.4) is 0 Å². The summed E-state index contributed by atoms with van der Waals surface area (Å²) >= 11 is 0. The summed E-state index contributed by atoms with van der Waals surface area (Å²) in [7, 11) is 0. The molecule has 3 aliphatic rings. The first-order valence-corrected chi connectivity index (χ1v) is 6.50. The van der Waals surface area contributed by atoms with Gasteiger partial charge in [-0.25, -0.2) is 0 Å². The fraction of sp³-hybridized carbons (Fsp3) is 0.769. The van der Waals surface area contributed by atoms with Crippen molar-refractivity contribution in [2.24, 2.45) is 23.7 Å². The molecule has 19 heavy (non-hydrogen) atoms. The maximum absolute atomic E-state index is 11.7. The maximum Gasteiger partial charge on any atom is 0.309 e. The van der Waals surface area contributed by atoms with Crippen LogP contribution < -0.4 is 0 Å². The smallest absolute Gasteiger partial charge is 0.309 e. The average molecular weight is 268 g/mol. The van der Waals surface area contributed by atoms with E-state index in [2.05, 4.69) is 0 Å². The number of esters is 3. The lowest BCUT2D eigenvalue weighted by Gasteiger charge is -2.27. The molecule has 0 spiro atoms. The van der Waals surface area contributed by atoms with Crippen LogP contribution in [0.15, 0.2) is 0 Å². The zero-order valence-corrected chi connectivity index (χ0v) is 10.8. The number of hydrogen-bond acceptors (Lipinski definition) is 6. The lowest BCUT2D eigenvalue weighted by Crippen LogP contribution is -2.35. The van der Waals surface area contributed by atoms with Gasteiger partial charge in [-0.3, -0.25) is 14.4 Å². The third kappa shape index (κ3) is 1.81. The zero-order valence-electron chi connectivity index (χ0n) is 10.8. The Balaban J connectivity index is 1.85. The summed E-state index contributed by atoms with van der Waals surface area (Å²) in [6.45, 7) is 3.05. The van der Waals surface area contributed by atoms with Crippen LogP contribution in [0.1, 0.15) is 20.3 Å². The average Bonchev–Trinajstić information content (AvgIpc) is 2.89. The molecule has 0 aromatic rings. The van der Waals surface area contributed by atoms with Crippen LogP contribution in [-0.4, -0.2) is 36.7 Å². The van der Waals surface area contributed by atoms with Crippen molar-refractivity contribution in [3.63, 3.8) is 0 Å². The number of fused-ring (bicyclic) bond motifs is 5. The SMILES string of the molecule is CC(=O)O[C@@H]1[C@@H]2C[C@@H](OC(C)=O)[C@@H]1[C@@H]1COC(=O)[C@H]12. The van der Waals surface area contributed by atoms with Crippen molar-refractivity contribution in [2.75, 3.05) is 6.61 Å². The van der Waals surface area contributed by atoms with Crippen molar-refractivity contribution < 1.29 is 28.6 Å². The first-order valence-electron chi connectivity index (χ1n) is 6.50. The Morgan fingerprint density at radius 2 is 1.84 bits per heavy atom. The fourth-order valence-electron chi connectivity index (χ4n) is 4.02.